The Hall–Kier alpha value is -3.50. The molecule has 3 aromatic rings. The van der Waals surface area contributed by atoms with Crippen molar-refractivity contribution in [3.63, 3.8) is 0 Å². The number of para-hydroxylation sites is 1. The molecule has 0 atom stereocenters. The maximum Gasteiger partial charge on any atom is 0.274 e. The molecule has 0 fully saturated rings. The molecule has 0 bridgehead atoms. The van der Waals surface area contributed by atoms with E-state index < -0.39 is 18.3 Å². The van der Waals surface area contributed by atoms with Crippen molar-refractivity contribution in [3.05, 3.63) is 82.7 Å². The number of benzene rings is 2. The molecule has 0 radical (unpaired) electrons. The van der Waals surface area contributed by atoms with Crippen molar-refractivity contribution in [2.24, 2.45) is 0 Å². The predicted octanol–water partition coefficient (Wildman–Crippen LogP) is 3.62. The lowest BCUT2D eigenvalue weighted by molar-refractivity contribution is 0.101. The SMILES string of the molecule is [C-]#[N+]c1cccc(-n2nc(C)cc2C(=O)Nc2c(F)cccc2CO)c1. The summed E-state index contributed by atoms with van der Waals surface area (Å²) in [5, 5.41) is 16.2. The van der Waals surface area contributed by atoms with Crippen LogP contribution in [0.3, 0.4) is 0 Å². The number of nitrogens with one attached hydrogen (secondary N) is 1. The van der Waals surface area contributed by atoms with Crippen LogP contribution < -0.4 is 5.32 Å². The van der Waals surface area contributed by atoms with Gasteiger partial charge in [0, 0.05) is 5.56 Å². The van der Waals surface area contributed by atoms with Crippen molar-refractivity contribution in [2.45, 2.75) is 13.5 Å². The first kappa shape index (κ1) is 17.3. The highest BCUT2D eigenvalue weighted by molar-refractivity contribution is 6.04. The Morgan fingerprint density at radius 2 is 2.08 bits per heavy atom. The van der Waals surface area contributed by atoms with Crippen LogP contribution in [0.4, 0.5) is 15.8 Å². The maximum atomic E-state index is 14.1. The number of aromatic nitrogens is 2. The minimum Gasteiger partial charge on any atom is -0.392 e. The van der Waals surface area contributed by atoms with Gasteiger partial charge in [0.2, 0.25) is 0 Å². The third kappa shape index (κ3) is 3.31. The molecule has 26 heavy (non-hydrogen) atoms. The van der Waals surface area contributed by atoms with Crippen molar-refractivity contribution in [2.75, 3.05) is 5.32 Å². The van der Waals surface area contributed by atoms with Gasteiger partial charge in [-0.25, -0.2) is 13.9 Å². The highest BCUT2D eigenvalue weighted by Crippen LogP contribution is 2.23. The molecule has 3 rings (SSSR count). The highest BCUT2D eigenvalue weighted by atomic mass is 19.1. The van der Waals surface area contributed by atoms with E-state index in [1.54, 1.807) is 37.3 Å². The van der Waals surface area contributed by atoms with Gasteiger partial charge in [-0.2, -0.15) is 5.10 Å². The number of aryl methyl sites for hydroxylation is 1. The number of aliphatic hydroxyl groups is 1. The largest absolute Gasteiger partial charge is 0.392 e. The lowest BCUT2D eigenvalue weighted by Crippen LogP contribution is -2.18. The number of rotatable bonds is 4. The Balaban J connectivity index is 2.01. The smallest absolute Gasteiger partial charge is 0.274 e. The first-order chi connectivity index (χ1) is 12.5. The summed E-state index contributed by atoms with van der Waals surface area (Å²) in [7, 11) is 0. The third-order valence-electron chi connectivity index (χ3n) is 3.78. The van der Waals surface area contributed by atoms with Gasteiger partial charge in [0.15, 0.2) is 5.69 Å². The molecule has 2 aromatic carbocycles. The fraction of sp³-hybridized carbons (Fsp3) is 0.105. The molecule has 2 N–H and O–H groups in total. The van der Waals surface area contributed by atoms with Crippen LogP contribution in [-0.4, -0.2) is 20.8 Å². The van der Waals surface area contributed by atoms with Crippen LogP contribution in [0.15, 0.2) is 48.5 Å². The van der Waals surface area contributed by atoms with Crippen LogP contribution in [0.25, 0.3) is 10.5 Å². The monoisotopic (exact) mass is 350 g/mol. The Morgan fingerprint density at radius 3 is 2.81 bits per heavy atom. The van der Waals surface area contributed by atoms with E-state index in [9.17, 15) is 14.3 Å². The van der Waals surface area contributed by atoms with E-state index in [0.717, 1.165) is 0 Å². The third-order valence-corrected chi connectivity index (χ3v) is 3.78. The first-order valence-corrected chi connectivity index (χ1v) is 7.77. The summed E-state index contributed by atoms with van der Waals surface area (Å²) < 4.78 is 15.5. The predicted molar refractivity (Wildman–Crippen MR) is 94.8 cm³/mol. The van der Waals surface area contributed by atoms with Gasteiger partial charge in [-0.15, -0.1) is 0 Å². The number of hydrogen-bond donors (Lipinski definition) is 2. The summed E-state index contributed by atoms with van der Waals surface area (Å²) >= 11 is 0. The number of aliphatic hydroxyl groups excluding tert-OH is 1. The average molecular weight is 350 g/mol. The second kappa shape index (κ2) is 7.17. The Bertz CT molecular complexity index is 1020. The molecular formula is C19H15FN4O2. The topological polar surface area (TPSA) is 71.5 Å². The second-order valence-electron chi connectivity index (χ2n) is 5.60. The number of carbonyl (C=O) groups is 1. The van der Waals surface area contributed by atoms with Gasteiger partial charge in [-0.05, 0) is 31.2 Å². The number of halogens is 1. The molecule has 0 aliphatic carbocycles. The molecule has 0 saturated carbocycles. The average Bonchev–Trinajstić information content (AvgIpc) is 3.05. The fourth-order valence-corrected chi connectivity index (χ4v) is 2.57. The van der Waals surface area contributed by atoms with Crippen molar-refractivity contribution in [1.82, 2.24) is 9.78 Å². The Labute approximate surface area is 149 Å². The van der Waals surface area contributed by atoms with Gasteiger partial charge in [0.05, 0.1) is 30.2 Å². The van der Waals surface area contributed by atoms with Gasteiger partial charge in [-0.1, -0.05) is 24.3 Å². The van der Waals surface area contributed by atoms with E-state index in [0.29, 0.717) is 17.1 Å². The summed E-state index contributed by atoms with van der Waals surface area (Å²) in [6.45, 7) is 8.44. The van der Waals surface area contributed by atoms with E-state index in [-0.39, 0.29) is 16.9 Å². The van der Waals surface area contributed by atoms with Crippen LogP contribution in [0.5, 0.6) is 0 Å². The zero-order valence-electron chi connectivity index (χ0n) is 13.9. The molecule has 0 spiro atoms. The van der Waals surface area contributed by atoms with Crippen molar-refractivity contribution < 1.29 is 14.3 Å². The van der Waals surface area contributed by atoms with Crippen LogP contribution >= 0.6 is 0 Å². The number of nitrogens with zero attached hydrogens (tertiary/aromatic N) is 3. The summed E-state index contributed by atoms with van der Waals surface area (Å²) in [4.78, 5) is 16.1. The molecule has 1 amide bonds. The van der Waals surface area contributed by atoms with Crippen molar-refractivity contribution in [3.8, 4) is 5.69 Å². The van der Waals surface area contributed by atoms with Gasteiger partial charge in [0.25, 0.3) is 5.91 Å². The number of anilines is 1. The molecule has 1 heterocycles. The summed E-state index contributed by atoms with van der Waals surface area (Å²) in [6.07, 6.45) is 0. The molecular weight excluding hydrogens is 335 g/mol. The van der Waals surface area contributed by atoms with Gasteiger partial charge in [0.1, 0.15) is 11.5 Å². The summed E-state index contributed by atoms with van der Waals surface area (Å²) in [5.74, 6) is -1.21. The van der Waals surface area contributed by atoms with E-state index in [2.05, 4.69) is 15.3 Å². The molecule has 0 saturated heterocycles. The number of amides is 1. The lowest BCUT2D eigenvalue weighted by atomic mass is 10.1. The number of carbonyl (C=O) groups excluding carboxylic acids is 1. The molecule has 6 nitrogen and oxygen atoms in total. The molecule has 7 heteroatoms. The van der Waals surface area contributed by atoms with Crippen molar-refractivity contribution >= 4 is 17.3 Å². The Morgan fingerprint density at radius 1 is 1.31 bits per heavy atom. The summed E-state index contributed by atoms with van der Waals surface area (Å²) in [5.41, 5.74) is 1.96. The van der Waals surface area contributed by atoms with E-state index in [1.165, 1.54) is 22.9 Å². The van der Waals surface area contributed by atoms with Crippen molar-refractivity contribution in [1.29, 1.82) is 0 Å². The van der Waals surface area contributed by atoms with Crippen LogP contribution in [0, 0.1) is 19.3 Å². The molecule has 0 unspecified atom stereocenters. The standard InChI is InChI=1S/C19H15FN4O2/c1-12-9-17(24(23-12)15-7-4-6-14(10-15)21-2)19(26)22-18-13(11-25)5-3-8-16(18)20/h3-10,25H,11H2,1H3,(H,22,26). The minimum atomic E-state index is -0.636. The molecule has 1 aromatic heterocycles. The molecule has 0 aliphatic heterocycles. The Kier molecular flexibility index (Phi) is 4.78. The van der Waals surface area contributed by atoms with Gasteiger partial charge in [-0.3, -0.25) is 4.79 Å². The molecule has 130 valence electrons. The van der Waals surface area contributed by atoms with Gasteiger partial charge < -0.3 is 10.4 Å². The van der Waals surface area contributed by atoms with E-state index in [1.807, 2.05) is 0 Å². The van der Waals surface area contributed by atoms with E-state index in [4.69, 9.17) is 6.57 Å². The first-order valence-electron chi connectivity index (χ1n) is 7.77. The minimum absolute atomic E-state index is 0.0692. The van der Waals surface area contributed by atoms with Gasteiger partial charge >= 0.3 is 0 Å². The maximum absolute atomic E-state index is 14.1. The van der Waals surface area contributed by atoms with Crippen LogP contribution in [0.1, 0.15) is 21.7 Å². The normalized spacial score (nSPS) is 10.4. The van der Waals surface area contributed by atoms with Crippen LogP contribution in [-0.2, 0) is 6.61 Å². The zero-order chi connectivity index (χ0) is 18.7. The quantitative estimate of drug-likeness (QED) is 0.706. The summed E-state index contributed by atoms with van der Waals surface area (Å²) in [6, 6.07) is 12.4. The van der Waals surface area contributed by atoms with E-state index >= 15 is 0 Å². The number of hydrogen-bond acceptors (Lipinski definition) is 3. The highest BCUT2D eigenvalue weighted by Gasteiger charge is 2.18. The van der Waals surface area contributed by atoms with Crippen LogP contribution in [0.2, 0.25) is 0 Å². The zero-order valence-corrected chi connectivity index (χ0v) is 13.9. The molecule has 0 aliphatic rings. The second-order valence-corrected chi connectivity index (χ2v) is 5.60. The fourth-order valence-electron chi connectivity index (χ4n) is 2.57. The lowest BCUT2D eigenvalue weighted by Gasteiger charge is -2.12.